The van der Waals surface area contributed by atoms with Gasteiger partial charge in [-0.2, -0.15) is 0 Å². The summed E-state index contributed by atoms with van der Waals surface area (Å²) in [7, 11) is 1.62. The van der Waals surface area contributed by atoms with Gasteiger partial charge < -0.3 is 15.2 Å². The molecule has 0 aromatic heterocycles. The summed E-state index contributed by atoms with van der Waals surface area (Å²) in [5, 5.41) is 11.6. The largest absolute Gasteiger partial charge is 0.496 e. The molecule has 0 aliphatic carbocycles. The number of nitrogens with one attached hydrogen (secondary N) is 1. The van der Waals surface area contributed by atoms with Crippen molar-refractivity contribution in [3.63, 3.8) is 0 Å². The van der Waals surface area contributed by atoms with E-state index in [0.29, 0.717) is 19.3 Å². The molecule has 0 unspecified atom stereocenters. The molecule has 0 saturated carbocycles. The molecule has 0 fully saturated rings. The van der Waals surface area contributed by atoms with Crippen LogP contribution in [0.4, 0.5) is 0 Å². The second-order valence-corrected chi connectivity index (χ2v) is 4.21. The third-order valence-corrected chi connectivity index (χ3v) is 2.79. The number of amides is 1. The van der Waals surface area contributed by atoms with Crippen LogP contribution in [0.15, 0.2) is 24.3 Å². The topological polar surface area (TPSA) is 58.6 Å². The Hall–Kier alpha value is -1.55. The number of unbranched alkanes of at least 4 members (excludes halogenated alkanes) is 1. The van der Waals surface area contributed by atoms with Crippen molar-refractivity contribution < 1.29 is 14.6 Å². The fourth-order valence-electron chi connectivity index (χ4n) is 1.81. The highest BCUT2D eigenvalue weighted by Gasteiger charge is 2.12. The molecule has 0 bridgehead atoms. The summed E-state index contributed by atoms with van der Waals surface area (Å²) in [4.78, 5) is 11.7. The second kappa shape index (κ2) is 7.71. The number of methoxy groups -OCH3 is 1. The Morgan fingerprint density at radius 3 is 2.78 bits per heavy atom. The first-order valence-corrected chi connectivity index (χ1v) is 6.22. The summed E-state index contributed by atoms with van der Waals surface area (Å²) >= 11 is 0. The number of rotatable bonds is 7. The number of para-hydroxylation sites is 1. The lowest BCUT2D eigenvalue weighted by atomic mass is 10.1. The van der Waals surface area contributed by atoms with E-state index in [-0.39, 0.29) is 18.6 Å². The third-order valence-electron chi connectivity index (χ3n) is 2.79. The number of hydrogen-bond acceptors (Lipinski definition) is 3. The van der Waals surface area contributed by atoms with Crippen LogP contribution in [-0.4, -0.2) is 24.7 Å². The minimum atomic E-state index is -0.0808. The zero-order chi connectivity index (χ0) is 13.4. The van der Waals surface area contributed by atoms with Gasteiger partial charge in [-0.3, -0.25) is 4.79 Å². The van der Waals surface area contributed by atoms with Gasteiger partial charge in [0.15, 0.2) is 0 Å². The highest BCUT2D eigenvalue weighted by molar-refractivity contribution is 5.76. The maximum Gasteiger partial charge on any atom is 0.220 e. The molecule has 0 radical (unpaired) electrons. The molecule has 1 amide bonds. The molecule has 1 aromatic rings. The van der Waals surface area contributed by atoms with Gasteiger partial charge in [-0.1, -0.05) is 18.2 Å². The van der Waals surface area contributed by atoms with E-state index >= 15 is 0 Å². The predicted molar refractivity (Wildman–Crippen MR) is 70.5 cm³/mol. The quantitative estimate of drug-likeness (QED) is 0.729. The van der Waals surface area contributed by atoms with Gasteiger partial charge >= 0.3 is 0 Å². The van der Waals surface area contributed by atoms with Gasteiger partial charge in [0, 0.05) is 18.6 Å². The van der Waals surface area contributed by atoms with Crippen molar-refractivity contribution in [3.8, 4) is 5.75 Å². The maximum atomic E-state index is 11.7. The van der Waals surface area contributed by atoms with Gasteiger partial charge in [0.1, 0.15) is 5.75 Å². The normalized spacial score (nSPS) is 11.9. The lowest BCUT2D eigenvalue weighted by Gasteiger charge is -2.17. The van der Waals surface area contributed by atoms with Crippen LogP contribution in [0.1, 0.15) is 37.8 Å². The Labute approximate surface area is 108 Å². The van der Waals surface area contributed by atoms with Crippen molar-refractivity contribution in [1.29, 1.82) is 0 Å². The minimum Gasteiger partial charge on any atom is -0.496 e. The van der Waals surface area contributed by atoms with E-state index in [4.69, 9.17) is 9.84 Å². The van der Waals surface area contributed by atoms with Crippen LogP contribution in [0.3, 0.4) is 0 Å². The monoisotopic (exact) mass is 251 g/mol. The van der Waals surface area contributed by atoms with E-state index in [1.165, 1.54) is 0 Å². The van der Waals surface area contributed by atoms with Crippen LogP contribution in [0, 0.1) is 0 Å². The highest BCUT2D eigenvalue weighted by atomic mass is 16.5. The molecule has 1 atom stereocenters. The Kier molecular flexibility index (Phi) is 6.22. The summed E-state index contributed by atoms with van der Waals surface area (Å²) in [6, 6.07) is 7.56. The summed E-state index contributed by atoms with van der Waals surface area (Å²) in [6.45, 7) is 2.07. The SMILES string of the molecule is COc1ccccc1[C@H](C)NC(=O)CCCCO. The Balaban J connectivity index is 2.53. The zero-order valence-corrected chi connectivity index (χ0v) is 11.0. The van der Waals surface area contributed by atoms with Crippen molar-refractivity contribution in [2.45, 2.75) is 32.2 Å². The average Bonchev–Trinajstić information content (AvgIpc) is 2.39. The predicted octanol–water partition coefficient (Wildman–Crippen LogP) is 2.03. The van der Waals surface area contributed by atoms with Gasteiger partial charge in [-0.25, -0.2) is 0 Å². The molecule has 0 spiro atoms. The van der Waals surface area contributed by atoms with Crippen LogP contribution >= 0.6 is 0 Å². The molecule has 1 rings (SSSR count). The first-order chi connectivity index (χ1) is 8.69. The van der Waals surface area contributed by atoms with Crippen molar-refractivity contribution in [1.82, 2.24) is 5.32 Å². The van der Waals surface area contributed by atoms with E-state index in [2.05, 4.69) is 5.32 Å². The number of benzene rings is 1. The summed E-state index contributed by atoms with van der Waals surface area (Å²) in [5.41, 5.74) is 0.968. The van der Waals surface area contributed by atoms with Gasteiger partial charge in [0.05, 0.1) is 13.2 Å². The number of aliphatic hydroxyl groups is 1. The van der Waals surface area contributed by atoms with Crippen molar-refractivity contribution in [2.75, 3.05) is 13.7 Å². The maximum absolute atomic E-state index is 11.7. The molecule has 4 nitrogen and oxygen atoms in total. The molecule has 0 heterocycles. The minimum absolute atomic E-state index is 0.00172. The summed E-state index contributed by atoms with van der Waals surface area (Å²) in [5.74, 6) is 0.780. The molecule has 4 heteroatoms. The van der Waals surface area contributed by atoms with Gasteiger partial charge in [-0.05, 0) is 25.8 Å². The fourth-order valence-corrected chi connectivity index (χ4v) is 1.81. The van der Waals surface area contributed by atoms with Crippen molar-refractivity contribution in [2.24, 2.45) is 0 Å². The molecule has 0 aliphatic rings. The second-order valence-electron chi connectivity index (χ2n) is 4.21. The van der Waals surface area contributed by atoms with Crippen molar-refractivity contribution >= 4 is 5.91 Å². The molecule has 100 valence electrons. The highest BCUT2D eigenvalue weighted by Crippen LogP contribution is 2.24. The first kappa shape index (κ1) is 14.5. The van der Waals surface area contributed by atoms with Gasteiger partial charge in [-0.15, -0.1) is 0 Å². The number of aliphatic hydroxyl groups excluding tert-OH is 1. The number of hydrogen-bond donors (Lipinski definition) is 2. The third kappa shape index (κ3) is 4.37. The van der Waals surface area contributed by atoms with E-state index in [9.17, 15) is 4.79 Å². The molecule has 18 heavy (non-hydrogen) atoms. The molecule has 0 saturated heterocycles. The smallest absolute Gasteiger partial charge is 0.220 e. The fraction of sp³-hybridized carbons (Fsp3) is 0.500. The van der Waals surface area contributed by atoms with Crippen LogP contribution < -0.4 is 10.1 Å². The zero-order valence-electron chi connectivity index (χ0n) is 11.0. The number of carbonyl (C=O) groups is 1. The lowest BCUT2D eigenvalue weighted by molar-refractivity contribution is -0.121. The Bertz CT molecular complexity index is 379. The summed E-state index contributed by atoms with van der Waals surface area (Å²) in [6.07, 6.45) is 1.82. The van der Waals surface area contributed by atoms with Crippen LogP contribution in [0.25, 0.3) is 0 Å². The van der Waals surface area contributed by atoms with E-state index in [0.717, 1.165) is 11.3 Å². The van der Waals surface area contributed by atoms with Gasteiger partial charge in [0.2, 0.25) is 5.91 Å². The molecular weight excluding hydrogens is 230 g/mol. The van der Waals surface area contributed by atoms with Crippen molar-refractivity contribution in [3.05, 3.63) is 29.8 Å². The molecule has 1 aromatic carbocycles. The van der Waals surface area contributed by atoms with Crippen LogP contribution in [0.5, 0.6) is 5.75 Å². The number of carbonyl (C=O) groups excluding carboxylic acids is 1. The first-order valence-electron chi connectivity index (χ1n) is 6.22. The van der Waals surface area contributed by atoms with Crippen LogP contribution in [-0.2, 0) is 4.79 Å². The van der Waals surface area contributed by atoms with Crippen LogP contribution in [0.2, 0.25) is 0 Å². The molecule has 2 N–H and O–H groups in total. The van der Waals surface area contributed by atoms with E-state index < -0.39 is 0 Å². The summed E-state index contributed by atoms with van der Waals surface area (Å²) < 4.78 is 5.26. The average molecular weight is 251 g/mol. The molecular formula is C14H21NO3. The Morgan fingerprint density at radius 1 is 1.39 bits per heavy atom. The van der Waals surface area contributed by atoms with Gasteiger partial charge in [0.25, 0.3) is 0 Å². The standard InChI is InChI=1S/C14H21NO3/c1-11(15-14(17)9-5-6-10-16)12-7-3-4-8-13(12)18-2/h3-4,7-8,11,16H,5-6,9-10H2,1-2H3,(H,15,17)/t11-/m0/s1. The number of ether oxygens (including phenoxy) is 1. The van der Waals surface area contributed by atoms with E-state index in [1.807, 2.05) is 31.2 Å². The molecule has 0 aliphatic heterocycles. The Morgan fingerprint density at radius 2 is 2.11 bits per heavy atom. The lowest BCUT2D eigenvalue weighted by Crippen LogP contribution is -2.26. The van der Waals surface area contributed by atoms with E-state index in [1.54, 1.807) is 7.11 Å².